The SMILES string of the molecule is CCN(CCC(=O)O)C(=O)N(C)C1CCCCC1C. The lowest BCUT2D eigenvalue weighted by molar-refractivity contribution is -0.137. The highest BCUT2D eigenvalue weighted by atomic mass is 16.4. The van der Waals surface area contributed by atoms with Gasteiger partial charge < -0.3 is 14.9 Å². The smallest absolute Gasteiger partial charge is 0.320 e. The summed E-state index contributed by atoms with van der Waals surface area (Å²) in [6.45, 7) is 4.92. The van der Waals surface area contributed by atoms with Crippen LogP contribution in [0.1, 0.15) is 46.0 Å². The molecule has 2 atom stereocenters. The largest absolute Gasteiger partial charge is 0.481 e. The van der Waals surface area contributed by atoms with Crippen LogP contribution in [0.2, 0.25) is 0 Å². The van der Waals surface area contributed by atoms with Gasteiger partial charge in [-0.1, -0.05) is 19.8 Å². The summed E-state index contributed by atoms with van der Waals surface area (Å²) >= 11 is 0. The molecule has 1 aliphatic carbocycles. The summed E-state index contributed by atoms with van der Waals surface area (Å²) in [5.74, 6) is -0.333. The van der Waals surface area contributed by atoms with Gasteiger partial charge in [0.15, 0.2) is 0 Å². The van der Waals surface area contributed by atoms with Crippen molar-refractivity contribution in [3.8, 4) is 0 Å². The zero-order chi connectivity index (χ0) is 14.4. The van der Waals surface area contributed by atoms with E-state index in [0.717, 1.165) is 6.42 Å². The zero-order valence-electron chi connectivity index (χ0n) is 12.3. The van der Waals surface area contributed by atoms with Crippen LogP contribution in [-0.4, -0.2) is 53.1 Å². The molecule has 110 valence electrons. The maximum atomic E-state index is 12.4. The maximum absolute atomic E-state index is 12.4. The Bertz CT molecular complexity index is 320. The first-order valence-electron chi connectivity index (χ1n) is 7.20. The molecular formula is C14H26N2O3. The van der Waals surface area contributed by atoms with Gasteiger partial charge in [-0.05, 0) is 25.7 Å². The van der Waals surface area contributed by atoms with E-state index < -0.39 is 5.97 Å². The predicted molar refractivity (Wildman–Crippen MR) is 74.1 cm³/mol. The van der Waals surface area contributed by atoms with Gasteiger partial charge in [-0.3, -0.25) is 4.79 Å². The monoisotopic (exact) mass is 270 g/mol. The quantitative estimate of drug-likeness (QED) is 0.834. The van der Waals surface area contributed by atoms with Crippen molar-refractivity contribution >= 4 is 12.0 Å². The Hall–Kier alpha value is -1.26. The molecule has 0 radical (unpaired) electrons. The fourth-order valence-electron chi connectivity index (χ4n) is 2.86. The van der Waals surface area contributed by atoms with E-state index in [4.69, 9.17) is 5.11 Å². The number of amides is 2. The van der Waals surface area contributed by atoms with Crippen LogP contribution >= 0.6 is 0 Å². The molecule has 1 N–H and O–H groups in total. The fourth-order valence-corrected chi connectivity index (χ4v) is 2.86. The molecule has 0 aromatic carbocycles. The Kier molecular flexibility index (Phi) is 6.12. The van der Waals surface area contributed by atoms with Crippen molar-refractivity contribution in [2.24, 2.45) is 5.92 Å². The molecule has 1 fully saturated rings. The van der Waals surface area contributed by atoms with Gasteiger partial charge in [0.2, 0.25) is 0 Å². The van der Waals surface area contributed by atoms with Gasteiger partial charge in [-0.15, -0.1) is 0 Å². The van der Waals surface area contributed by atoms with Gasteiger partial charge in [0.1, 0.15) is 0 Å². The molecule has 2 amide bonds. The lowest BCUT2D eigenvalue weighted by atomic mass is 9.85. The molecule has 0 heterocycles. The summed E-state index contributed by atoms with van der Waals surface area (Å²) in [6.07, 6.45) is 4.65. The number of carboxylic acids is 1. The van der Waals surface area contributed by atoms with E-state index in [1.165, 1.54) is 19.3 Å². The second kappa shape index (κ2) is 7.36. The van der Waals surface area contributed by atoms with Crippen molar-refractivity contribution < 1.29 is 14.7 Å². The van der Waals surface area contributed by atoms with E-state index >= 15 is 0 Å². The summed E-state index contributed by atoms with van der Waals surface area (Å²) < 4.78 is 0. The molecule has 1 rings (SSSR count). The van der Waals surface area contributed by atoms with Crippen molar-refractivity contribution in [1.29, 1.82) is 0 Å². The average Bonchev–Trinajstić information content (AvgIpc) is 2.38. The molecule has 0 aliphatic heterocycles. The number of nitrogens with zero attached hydrogens (tertiary/aromatic N) is 2. The predicted octanol–water partition coefficient (Wildman–Crippen LogP) is 2.41. The maximum Gasteiger partial charge on any atom is 0.320 e. The summed E-state index contributed by atoms with van der Waals surface area (Å²) in [7, 11) is 1.85. The van der Waals surface area contributed by atoms with E-state index in [9.17, 15) is 9.59 Å². The minimum Gasteiger partial charge on any atom is -0.481 e. The van der Waals surface area contributed by atoms with Gasteiger partial charge in [-0.25, -0.2) is 4.79 Å². The fraction of sp³-hybridized carbons (Fsp3) is 0.857. The van der Waals surface area contributed by atoms with Gasteiger partial charge in [0, 0.05) is 26.2 Å². The highest BCUT2D eigenvalue weighted by Crippen LogP contribution is 2.27. The average molecular weight is 270 g/mol. The molecule has 2 unspecified atom stereocenters. The lowest BCUT2D eigenvalue weighted by Crippen LogP contribution is -2.49. The van der Waals surface area contributed by atoms with Crippen molar-refractivity contribution in [3.63, 3.8) is 0 Å². The third-order valence-corrected chi connectivity index (χ3v) is 4.11. The molecule has 5 nitrogen and oxygen atoms in total. The third-order valence-electron chi connectivity index (χ3n) is 4.11. The van der Waals surface area contributed by atoms with Crippen LogP contribution in [0.3, 0.4) is 0 Å². The van der Waals surface area contributed by atoms with Crippen molar-refractivity contribution in [2.45, 2.75) is 52.0 Å². The summed E-state index contributed by atoms with van der Waals surface area (Å²) in [5, 5.41) is 8.72. The third kappa shape index (κ3) is 4.40. The minimum absolute atomic E-state index is 0.00758. The number of hydrogen-bond acceptors (Lipinski definition) is 2. The zero-order valence-corrected chi connectivity index (χ0v) is 12.3. The van der Waals surface area contributed by atoms with E-state index in [1.807, 2.05) is 18.9 Å². The Morgan fingerprint density at radius 2 is 1.89 bits per heavy atom. The van der Waals surface area contributed by atoms with Crippen LogP contribution in [0, 0.1) is 5.92 Å². The second-order valence-electron chi connectivity index (χ2n) is 5.45. The second-order valence-corrected chi connectivity index (χ2v) is 5.45. The molecule has 0 saturated heterocycles. The number of hydrogen-bond donors (Lipinski definition) is 1. The van der Waals surface area contributed by atoms with Crippen molar-refractivity contribution in [3.05, 3.63) is 0 Å². The first-order chi connectivity index (χ1) is 8.97. The molecule has 0 bridgehead atoms. The lowest BCUT2D eigenvalue weighted by Gasteiger charge is -2.38. The van der Waals surface area contributed by atoms with Crippen LogP contribution in [0.25, 0.3) is 0 Å². The first kappa shape index (κ1) is 15.8. The molecule has 0 spiro atoms. The Morgan fingerprint density at radius 1 is 1.26 bits per heavy atom. The van der Waals surface area contributed by atoms with Crippen molar-refractivity contribution in [1.82, 2.24) is 9.80 Å². The topological polar surface area (TPSA) is 60.9 Å². The van der Waals surface area contributed by atoms with Crippen LogP contribution in [-0.2, 0) is 4.79 Å². The number of aliphatic carboxylic acids is 1. The minimum atomic E-state index is -0.861. The summed E-state index contributed by atoms with van der Waals surface area (Å²) in [5.41, 5.74) is 0. The molecule has 5 heteroatoms. The van der Waals surface area contributed by atoms with E-state index in [2.05, 4.69) is 6.92 Å². The van der Waals surface area contributed by atoms with Gasteiger partial charge in [-0.2, -0.15) is 0 Å². The molecule has 0 aromatic rings. The van der Waals surface area contributed by atoms with E-state index in [-0.39, 0.29) is 19.0 Å². The van der Waals surface area contributed by atoms with Crippen LogP contribution in [0.5, 0.6) is 0 Å². The Balaban J connectivity index is 2.59. The Morgan fingerprint density at radius 3 is 2.42 bits per heavy atom. The van der Waals surface area contributed by atoms with Crippen LogP contribution in [0.4, 0.5) is 4.79 Å². The molecule has 0 aromatic heterocycles. The first-order valence-corrected chi connectivity index (χ1v) is 7.20. The molecule has 1 saturated carbocycles. The van der Waals surface area contributed by atoms with Crippen LogP contribution < -0.4 is 0 Å². The normalized spacial score (nSPS) is 22.9. The summed E-state index contributed by atoms with van der Waals surface area (Å²) in [6, 6.07) is 0.252. The standard InChI is InChI=1S/C14H26N2O3/c1-4-16(10-9-13(17)18)14(19)15(3)12-8-6-5-7-11(12)2/h11-12H,4-10H2,1-3H3,(H,17,18). The molecule has 19 heavy (non-hydrogen) atoms. The van der Waals surface area contributed by atoms with Crippen LogP contribution in [0.15, 0.2) is 0 Å². The molecular weight excluding hydrogens is 244 g/mol. The van der Waals surface area contributed by atoms with Gasteiger partial charge >= 0.3 is 12.0 Å². The molecule has 1 aliphatic rings. The highest BCUT2D eigenvalue weighted by Gasteiger charge is 2.29. The number of carbonyl (C=O) groups is 2. The van der Waals surface area contributed by atoms with Crippen molar-refractivity contribution in [2.75, 3.05) is 20.1 Å². The highest BCUT2D eigenvalue weighted by molar-refractivity contribution is 5.75. The number of urea groups is 1. The van der Waals surface area contributed by atoms with E-state index in [0.29, 0.717) is 18.5 Å². The number of carboxylic acid groups (broad SMARTS) is 1. The van der Waals surface area contributed by atoms with Gasteiger partial charge in [0.25, 0.3) is 0 Å². The number of rotatable bonds is 5. The van der Waals surface area contributed by atoms with Gasteiger partial charge in [0.05, 0.1) is 6.42 Å². The Labute approximate surface area is 115 Å². The van der Waals surface area contributed by atoms with E-state index in [1.54, 1.807) is 4.90 Å². The summed E-state index contributed by atoms with van der Waals surface area (Å²) in [4.78, 5) is 26.4. The number of carbonyl (C=O) groups excluding carboxylic acids is 1.